The van der Waals surface area contributed by atoms with Gasteiger partial charge < -0.3 is 4.74 Å². The zero-order valence-electron chi connectivity index (χ0n) is 11.9. The predicted octanol–water partition coefficient (Wildman–Crippen LogP) is 4.31. The van der Waals surface area contributed by atoms with Gasteiger partial charge in [-0.25, -0.2) is 0 Å². The molecule has 1 aromatic carbocycles. The molecule has 0 radical (unpaired) electrons. The molecule has 3 aromatic rings. The van der Waals surface area contributed by atoms with E-state index in [0.29, 0.717) is 16.9 Å². The van der Waals surface area contributed by atoms with Gasteiger partial charge in [-0.15, -0.1) is 11.3 Å². The summed E-state index contributed by atoms with van der Waals surface area (Å²) in [5, 5.41) is 1.97. The molecular formula is C17H15NO2S. The van der Waals surface area contributed by atoms with Crippen LogP contribution in [0.25, 0.3) is 10.2 Å². The fraction of sp³-hybridized carbons (Fsp3) is 0.176. The van der Waals surface area contributed by atoms with Crippen molar-refractivity contribution in [3.8, 4) is 5.75 Å². The van der Waals surface area contributed by atoms with Crippen LogP contribution in [0.5, 0.6) is 5.75 Å². The number of fused-ring (bicyclic) bond motifs is 1. The number of pyridine rings is 1. The van der Waals surface area contributed by atoms with Crippen LogP contribution in [0, 0.1) is 0 Å². The molecular weight excluding hydrogens is 282 g/mol. The third-order valence-corrected chi connectivity index (χ3v) is 3.91. The first kappa shape index (κ1) is 13.8. The minimum Gasteiger partial charge on any atom is -0.490 e. The summed E-state index contributed by atoms with van der Waals surface area (Å²) >= 11 is 1.58. The number of hydrogen-bond acceptors (Lipinski definition) is 4. The van der Waals surface area contributed by atoms with E-state index in [2.05, 4.69) is 4.98 Å². The van der Waals surface area contributed by atoms with Crippen LogP contribution >= 0.6 is 11.3 Å². The van der Waals surface area contributed by atoms with E-state index in [4.69, 9.17) is 4.74 Å². The summed E-state index contributed by atoms with van der Waals surface area (Å²) in [5.41, 5.74) is 2.08. The Bertz CT molecular complexity index is 792. The van der Waals surface area contributed by atoms with Crippen molar-refractivity contribution >= 4 is 27.3 Å². The van der Waals surface area contributed by atoms with Gasteiger partial charge in [-0.05, 0) is 43.5 Å². The summed E-state index contributed by atoms with van der Waals surface area (Å²) in [7, 11) is 0. The van der Waals surface area contributed by atoms with Crippen molar-refractivity contribution in [3.63, 3.8) is 0 Å². The van der Waals surface area contributed by atoms with E-state index in [1.54, 1.807) is 23.6 Å². The molecule has 3 nitrogen and oxygen atoms in total. The lowest BCUT2D eigenvalue weighted by molar-refractivity contribution is 0.103. The van der Waals surface area contributed by atoms with Gasteiger partial charge in [0.25, 0.3) is 0 Å². The molecule has 0 amide bonds. The van der Waals surface area contributed by atoms with Crippen LogP contribution in [0.2, 0.25) is 0 Å². The molecule has 106 valence electrons. The molecule has 0 N–H and O–H groups in total. The zero-order valence-corrected chi connectivity index (χ0v) is 12.7. The molecule has 0 atom stereocenters. The van der Waals surface area contributed by atoms with Crippen molar-refractivity contribution in [2.24, 2.45) is 0 Å². The molecule has 0 aliphatic heterocycles. The Morgan fingerprint density at radius 2 is 2.05 bits per heavy atom. The van der Waals surface area contributed by atoms with Gasteiger partial charge in [0.05, 0.1) is 21.9 Å². The third kappa shape index (κ3) is 2.81. The quantitative estimate of drug-likeness (QED) is 0.673. The third-order valence-electron chi connectivity index (χ3n) is 3.06. The Morgan fingerprint density at radius 1 is 1.24 bits per heavy atom. The minimum atomic E-state index is -0.0611. The molecule has 4 heteroatoms. The number of carbonyl (C=O) groups excluding carboxylic acids is 1. The molecule has 0 fully saturated rings. The number of para-hydroxylation sites is 1. The normalized spacial score (nSPS) is 11.0. The molecule has 0 saturated heterocycles. The van der Waals surface area contributed by atoms with Crippen LogP contribution in [-0.4, -0.2) is 16.9 Å². The molecule has 0 aliphatic rings. The van der Waals surface area contributed by atoms with Crippen molar-refractivity contribution in [2.75, 3.05) is 0 Å². The number of ether oxygens (including phenoxy) is 1. The lowest BCUT2D eigenvalue weighted by Crippen LogP contribution is -2.10. The number of aromatic nitrogens is 1. The topological polar surface area (TPSA) is 39.2 Å². The van der Waals surface area contributed by atoms with E-state index in [9.17, 15) is 4.79 Å². The highest BCUT2D eigenvalue weighted by Gasteiger charge is 2.16. The lowest BCUT2D eigenvalue weighted by atomic mass is 10.0. The largest absolute Gasteiger partial charge is 0.490 e. The molecule has 0 saturated carbocycles. The molecule has 21 heavy (non-hydrogen) atoms. The van der Waals surface area contributed by atoms with Crippen molar-refractivity contribution in [1.82, 2.24) is 4.98 Å². The van der Waals surface area contributed by atoms with Gasteiger partial charge in [-0.3, -0.25) is 9.78 Å². The van der Waals surface area contributed by atoms with Crippen molar-refractivity contribution in [3.05, 3.63) is 59.1 Å². The Kier molecular flexibility index (Phi) is 3.71. The number of ketones is 1. The Balaban J connectivity index is 2.01. The first-order valence-electron chi connectivity index (χ1n) is 6.79. The SMILES string of the molecule is CC(C)Oc1ccccc1C(=O)c1cnc2ccsc2c1. The predicted molar refractivity (Wildman–Crippen MR) is 85.3 cm³/mol. The molecule has 3 rings (SSSR count). The summed E-state index contributed by atoms with van der Waals surface area (Å²) < 4.78 is 6.74. The van der Waals surface area contributed by atoms with Crippen LogP contribution in [0.3, 0.4) is 0 Å². The van der Waals surface area contributed by atoms with Crippen LogP contribution in [0.4, 0.5) is 0 Å². The number of thiophene rings is 1. The maximum atomic E-state index is 12.7. The maximum Gasteiger partial charge on any atom is 0.198 e. The van der Waals surface area contributed by atoms with Gasteiger partial charge in [0.2, 0.25) is 0 Å². The summed E-state index contributed by atoms with van der Waals surface area (Å²) in [4.78, 5) is 17.0. The van der Waals surface area contributed by atoms with E-state index in [1.807, 2.05) is 49.6 Å². The van der Waals surface area contributed by atoms with Crippen molar-refractivity contribution in [2.45, 2.75) is 20.0 Å². The highest BCUT2D eigenvalue weighted by atomic mass is 32.1. The average molecular weight is 297 g/mol. The number of carbonyl (C=O) groups is 1. The molecule has 0 spiro atoms. The number of hydrogen-bond donors (Lipinski definition) is 0. The Hall–Kier alpha value is -2.20. The van der Waals surface area contributed by atoms with Gasteiger partial charge in [0.1, 0.15) is 5.75 Å². The number of rotatable bonds is 4. The van der Waals surface area contributed by atoms with E-state index < -0.39 is 0 Å². The van der Waals surface area contributed by atoms with E-state index >= 15 is 0 Å². The van der Waals surface area contributed by atoms with Gasteiger partial charge in [0, 0.05) is 11.8 Å². The monoisotopic (exact) mass is 297 g/mol. The molecule has 0 bridgehead atoms. The highest BCUT2D eigenvalue weighted by Crippen LogP contribution is 2.25. The van der Waals surface area contributed by atoms with E-state index in [-0.39, 0.29) is 11.9 Å². The minimum absolute atomic E-state index is 0.0249. The van der Waals surface area contributed by atoms with E-state index in [1.165, 1.54) is 0 Å². The molecule has 0 unspecified atom stereocenters. The molecule has 2 aromatic heterocycles. The van der Waals surface area contributed by atoms with Gasteiger partial charge in [-0.2, -0.15) is 0 Å². The van der Waals surface area contributed by atoms with Crippen LogP contribution in [0.1, 0.15) is 29.8 Å². The second-order valence-corrected chi connectivity index (χ2v) is 5.97. The van der Waals surface area contributed by atoms with E-state index in [0.717, 1.165) is 10.2 Å². The summed E-state index contributed by atoms with van der Waals surface area (Å²) in [5.74, 6) is 0.554. The maximum absolute atomic E-state index is 12.7. The fourth-order valence-electron chi connectivity index (χ4n) is 2.14. The van der Waals surface area contributed by atoms with Crippen molar-refractivity contribution in [1.29, 1.82) is 0 Å². The second kappa shape index (κ2) is 5.66. The smallest absolute Gasteiger partial charge is 0.198 e. The summed E-state index contributed by atoms with van der Waals surface area (Å²) in [6.45, 7) is 3.89. The summed E-state index contributed by atoms with van der Waals surface area (Å²) in [6, 6.07) is 11.2. The zero-order chi connectivity index (χ0) is 14.8. The van der Waals surface area contributed by atoms with Gasteiger partial charge in [-0.1, -0.05) is 12.1 Å². The average Bonchev–Trinajstić information content (AvgIpc) is 2.94. The van der Waals surface area contributed by atoms with Crippen LogP contribution in [-0.2, 0) is 0 Å². The standard InChI is InChI=1S/C17H15NO2S/c1-11(2)20-15-6-4-3-5-13(15)17(19)12-9-16-14(18-10-12)7-8-21-16/h3-11H,1-2H3. The Labute approximate surface area is 127 Å². The van der Waals surface area contributed by atoms with Gasteiger partial charge in [0.15, 0.2) is 5.78 Å². The first-order chi connectivity index (χ1) is 10.1. The first-order valence-corrected chi connectivity index (χ1v) is 7.67. The Morgan fingerprint density at radius 3 is 2.86 bits per heavy atom. The second-order valence-electron chi connectivity index (χ2n) is 5.02. The number of nitrogens with zero attached hydrogens (tertiary/aromatic N) is 1. The van der Waals surface area contributed by atoms with Crippen LogP contribution in [0.15, 0.2) is 48.0 Å². The summed E-state index contributed by atoms with van der Waals surface area (Å²) in [6.07, 6.45) is 1.65. The lowest BCUT2D eigenvalue weighted by Gasteiger charge is -2.13. The van der Waals surface area contributed by atoms with Gasteiger partial charge >= 0.3 is 0 Å². The van der Waals surface area contributed by atoms with Crippen molar-refractivity contribution < 1.29 is 9.53 Å². The highest BCUT2D eigenvalue weighted by molar-refractivity contribution is 7.17. The molecule has 2 heterocycles. The number of benzene rings is 1. The fourth-order valence-corrected chi connectivity index (χ4v) is 2.92. The molecule has 0 aliphatic carbocycles. The van der Waals surface area contributed by atoms with Crippen LogP contribution < -0.4 is 4.74 Å².